The van der Waals surface area contributed by atoms with Gasteiger partial charge in [0.05, 0.1) is 20.8 Å². The van der Waals surface area contributed by atoms with Crippen molar-refractivity contribution in [2.24, 2.45) is 0 Å². The maximum absolute atomic E-state index is 11.4. The highest BCUT2D eigenvalue weighted by Crippen LogP contribution is 2.29. The van der Waals surface area contributed by atoms with Crippen molar-refractivity contribution < 1.29 is 19.0 Å². The van der Waals surface area contributed by atoms with Crippen molar-refractivity contribution in [3.8, 4) is 11.5 Å². The standard InChI is InChI=1S/C22H28O4/c1-7-26-22(23)13-17(3)10-8-9-16(2)11-12-20-18(4)14-19(24-5)15-21(20)25-6/h8-15H,7H2,1-6H3/b10-8+,12-11+,16-9+,17-13+. The summed E-state index contributed by atoms with van der Waals surface area (Å²) in [4.78, 5) is 11.4. The Morgan fingerprint density at radius 2 is 1.81 bits per heavy atom. The molecule has 4 heteroatoms. The third kappa shape index (κ3) is 7.01. The van der Waals surface area contributed by atoms with Gasteiger partial charge in [0, 0.05) is 17.7 Å². The van der Waals surface area contributed by atoms with Gasteiger partial charge in [-0.25, -0.2) is 4.79 Å². The van der Waals surface area contributed by atoms with Gasteiger partial charge in [-0.15, -0.1) is 0 Å². The first-order valence-corrected chi connectivity index (χ1v) is 8.52. The lowest BCUT2D eigenvalue weighted by molar-refractivity contribution is -0.137. The van der Waals surface area contributed by atoms with Gasteiger partial charge in [0.25, 0.3) is 0 Å². The number of hydrogen-bond acceptors (Lipinski definition) is 4. The number of methoxy groups -OCH3 is 2. The Balaban J connectivity index is 2.87. The Bertz CT molecular complexity index is 737. The second-order valence-electron chi connectivity index (χ2n) is 5.80. The van der Waals surface area contributed by atoms with E-state index in [-0.39, 0.29) is 5.97 Å². The molecule has 26 heavy (non-hydrogen) atoms. The smallest absolute Gasteiger partial charge is 0.330 e. The van der Waals surface area contributed by atoms with E-state index in [1.165, 1.54) is 6.08 Å². The van der Waals surface area contributed by atoms with Gasteiger partial charge in [-0.05, 0) is 44.9 Å². The van der Waals surface area contributed by atoms with E-state index in [4.69, 9.17) is 14.2 Å². The quantitative estimate of drug-likeness (QED) is 0.372. The van der Waals surface area contributed by atoms with E-state index in [2.05, 4.69) is 0 Å². The molecule has 0 aliphatic heterocycles. The summed E-state index contributed by atoms with van der Waals surface area (Å²) in [7, 11) is 3.29. The molecule has 0 heterocycles. The highest BCUT2D eigenvalue weighted by molar-refractivity contribution is 5.83. The molecule has 0 saturated carbocycles. The van der Waals surface area contributed by atoms with Crippen molar-refractivity contribution in [3.05, 3.63) is 64.8 Å². The summed E-state index contributed by atoms with van der Waals surface area (Å²) >= 11 is 0. The Morgan fingerprint density at radius 3 is 2.42 bits per heavy atom. The number of carbonyl (C=O) groups is 1. The zero-order chi connectivity index (χ0) is 19.5. The molecule has 140 valence electrons. The summed E-state index contributed by atoms with van der Waals surface area (Å²) in [6, 6.07) is 3.85. The summed E-state index contributed by atoms with van der Waals surface area (Å²) in [5, 5.41) is 0. The van der Waals surface area contributed by atoms with Crippen LogP contribution < -0.4 is 9.47 Å². The van der Waals surface area contributed by atoms with Crippen LogP contribution >= 0.6 is 0 Å². The molecule has 0 radical (unpaired) electrons. The number of hydrogen-bond donors (Lipinski definition) is 0. The van der Waals surface area contributed by atoms with E-state index in [1.54, 1.807) is 21.1 Å². The largest absolute Gasteiger partial charge is 0.497 e. The predicted octanol–water partition coefficient (Wildman–Crippen LogP) is 5.04. The van der Waals surface area contributed by atoms with E-state index < -0.39 is 0 Å². The SMILES string of the molecule is CCOC(=O)/C=C(C)/C=C/C=C(C)/C=C/c1c(C)cc(OC)cc1OC. The van der Waals surface area contributed by atoms with Gasteiger partial charge in [0.1, 0.15) is 11.5 Å². The van der Waals surface area contributed by atoms with Crippen molar-refractivity contribution >= 4 is 12.0 Å². The lowest BCUT2D eigenvalue weighted by atomic mass is 10.1. The average molecular weight is 356 g/mol. The fourth-order valence-electron chi connectivity index (χ4n) is 2.27. The molecule has 1 aromatic carbocycles. The van der Waals surface area contributed by atoms with Crippen molar-refractivity contribution in [1.29, 1.82) is 0 Å². The van der Waals surface area contributed by atoms with Gasteiger partial charge in [-0.2, -0.15) is 0 Å². The number of esters is 1. The minimum absolute atomic E-state index is 0.322. The van der Waals surface area contributed by atoms with Crippen LogP contribution in [0.3, 0.4) is 0 Å². The van der Waals surface area contributed by atoms with Crippen molar-refractivity contribution in [3.63, 3.8) is 0 Å². The Labute approximate surface area is 156 Å². The second kappa shape index (κ2) is 11.0. The van der Waals surface area contributed by atoms with E-state index in [9.17, 15) is 4.79 Å². The van der Waals surface area contributed by atoms with Gasteiger partial charge in [0.2, 0.25) is 0 Å². The lowest BCUT2D eigenvalue weighted by Crippen LogP contribution is -1.99. The molecule has 1 aromatic rings. The van der Waals surface area contributed by atoms with Crippen LogP contribution in [-0.2, 0) is 9.53 Å². The van der Waals surface area contributed by atoms with Crippen molar-refractivity contribution in [2.75, 3.05) is 20.8 Å². The van der Waals surface area contributed by atoms with Crippen LogP contribution in [0.25, 0.3) is 6.08 Å². The Hall–Kier alpha value is -2.75. The van der Waals surface area contributed by atoms with Gasteiger partial charge in [0.15, 0.2) is 0 Å². The number of benzene rings is 1. The zero-order valence-corrected chi connectivity index (χ0v) is 16.5. The van der Waals surface area contributed by atoms with Crippen molar-refractivity contribution in [2.45, 2.75) is 27.7 Å². The minimum Gasteiger partial charge on any atom is -0.497 e. The Morgan fingerprint density at radius 1 is 1.08 bits per heavy atom. The molecule has 0 spiro atoms. The van der Waals surface area contributed by atoms with Gasteiger partial charge in [-0.1, -0.05) is 36.0 Å². The molecule has 0 aliphatic rings. The molecule has 0 fully saturated rings. The molecule has 0 amide bonds. The van der Waals surface area contributed by atoms with Gasteiger partial charge in [-0.3, -0.25) is 0 Å². The van der Waals surface area contributed by atoms with Crippen LogP contribution in [0.4, 0.5) is 0 Å². The predicted molar refractivity (Wildman–Crippen MR) is 107 cm³/mol. The molecule has 4 nitrogen and oxygen atoms in total. The van der Waals surface area contributed by atoms with E-state index in [0.29, 0.717) is 6.61 Å². The van der Waals surface area contributed by atoms with Crippen LogP contribution in [0.2, 0.25) is 0 Å². The number of ether oxygens (including phenoxy) is 3. The summed E-state index contributed by atoms with van der Waals surface area (Å²) in [6.45, 7) is 8.06. The van der Waals surface area contributed by atoms with Crippen molar-refractivity contribution in [1.82, 2.24) is 0 Å². The maximum Gasteiger partial charge on any atom is 0.330 e. The highest BCUT2D eigenvalue weighted by Gasteiger charge is 2.06. The maximum atomic E-state index is 11.4. The van der Waals surface area contributed by atoms with Crippen LogP contribution in [0.5, 0.6) is 11.5 Å². The number of aryl methyl sites for hydroxylation is 1. The fraction of sp³-hybridized carbons (Fsp3) is 0.318. The molecule has 0 atom stereocenters. The molecular formula is C22H28O4. The summed E-state index contributed by atoms with van der Waals surface area (Å²) in [5.74, 6) is 1.22. The molecule has 0 N–H and O–H groups in total. The van der Waals surface area contributed by atoms with Gasteiger partial charge < -0.3 is 14.2 Å². The Kier molecular flexibility index (Phi) is 8.99. The molecule has 0 saturated heterocycles. The zero-order valence-electron chi connectivity index (χ0n) is 16.5. The molecule has 0 unspecified atom stereocenters. The molecular weight excluding hydrogens is 328 g/mol. The first kappa shape index (κ1) is 21.3. The second-order valence-corrected chi connectivity index (χ2v) is 5.80. The summed E-state index contributed by atoms with van der Waals surface area (Å²) < 4.78 is 15.6. The summed E-state index contributed by atoms with van der Waals surface area (Å²) in [5.41, 5.74) is 4.00. The topological polar surface area (TPSA) is 44.8 Å². The number of allylic oxidation sites excluding steroid dienone is 6. The van der Waals surface area contributed by atoms with Crippen LogP contribution in [-0.4, -0.2) is 26.8 Å². The minimum atomic E-state index is -0.322. The van der Waals surface area contributed by atoms with E-state index >= 15 is 0 Å². The monoisotopic (exact) mass is 356 g/mol. The molecule has 0 aromatic heterocycles. The summed E-state index contributed by atoms with van der Waals surface area (Å²) in [6.07, 6.45) is 11.3. The van der Waals surface area contributed by atoms with E-state index in [0.717, 1.165) is 33.8 Å². The van der Waals surface area contributed by atoms with Crippen LogP contribution in [0.15, 0.2) is 53.7 Å². The highest BCUT2D eigenvalue weighted by atomic mass is 16.5. The first-order chi connectivity index (χ1) is 12.4. The third-order valence-electron chi connectivity index (χ3n) is 3.64. The number of carbonyl (C=O) groups excluding carboxylic acids is 1. The molecule has 0 aliphatic carbocycles. The number of rotatable bonds is 8. The first-order valence-electron chi connectivity index (χ1n) is 8.52. The molecule has 0 bridgehead atoms. The van der Waals surface area contributed by atoms with E-state index in [1.807, 2.05) is 63.3 Å². The third-order valence-corrected chi connectivity index (χ3v) is 3.64. The lowest BCUT2D eigenvalue weighted by Gasteiger charge is -2.10. The van der Waals surface area contributed by atoms with Crippen LogP contribution in [0.1, 0.15) is 31.9 Å². The fourth-order valence-corrected chi connectivity index (χ4v) is 2.27. The molecule has 1 rings (SSSR count). The average Bonchev–Trinajstić information content (AvgIpc) is 2.59. The normalized spacial score (nSPS) is 12.7. The van der Waals surface area contributed by atoms with Crippen LogP contribution in [0, 0.1) is 6.92 Å². The van der Waals surface area contributed by atoms with Gasteiger partial charge >= 0.3 is 5.97 Å².